The molecule has 4 rings (SSSR count). The van der Waals surface area contributed by atoms with Crippen molar-refractivity contribution in [2.24, 2.45) is 0 Å². The number of amides is 1. The molecule has 1 unspecified atom stereocenters. The highest BCUT2D eigenvalue weighted by Gasteiger charge is 2.28. The van der Waals surface area contributed by atoms with Gasteiger partial charge in [-0.25, -0.2) is 8.42 Å². The highest BCUT2D eigenvalue weighted by molar-refractivity contribution is 7.89. The molecule has 1 atom stereocenters. The molecule has 2 aliphatic rings. The summed E-state index contributed by atoms with van der Waals surface area (Å²) in [6.45, 7) is 3.36. The van der Waals surface area contributed by atoms with Crippen LogP contribution in [0.2, 0.25) is 0 Å². The van der Waals surface area contributed by atoms with Crippen LogP contribution in [0.1, 0.15) is 25.8 Å². The van der Waals surface area contributed by atoms with E-state index in [2.05, 4.69) is 5.32 Å². The van der Waals surface area contributed by atoms with E-state index in [-0.39, 0.29) is 4.90 Å². The van der Waals surface area contributed by atoms with E-state index in [1.807, 2.05) is 0 Å². The quantitative estimate of drug-likeness (QED) is 0.768. The minimum absolute atomic E-state index is 0.00276. The Kier molecular flexibility index (Phi) is 5.52. The molecule has 1 aromatic carbocycles. The lowest BCUT2D eigenvalue weighted by Crippen LogP contribution is -2.33. The summed E-state index contributed by atoms with van der Waals surface area (Å²) < 4.78 is 39.1. The van der Waals surface area contributed by atoms with E-state index in [0.717, 1.165) is 17.4 Å². The largest absolute Gasteiger partial charge is 0.486 e. The number of hydrogen-bond acceptors (Lipinski definition) is 6. The lowest BCUT2D eigenvalue weighted by atomic mass is 10.2. The number of aromatic nitrogens is 1. The van der Waals surface area contributed by atoms with E-state index < -0.39 is 27.5 Å². The number of nitrogens with zero attached hydrogens (tertiary/aromatic N) is 2. The predicted octanol–water partition coefficient (Wildman–Crippen LogP) is 1.60. The monoisotopic (exact) mass is 433 g/mol. The fraction of sp³-hybridized carbons (Fsp3) is 0.400. The topological polar surface area (TPSA) is 107 Å². The molecule has 10 heteroatoms. The summed E-state index contributed by atoms with van der Waals surface area (Å²) in [6.07, 6.45) is 2.87. The Bertz CT molecular complexity index is 1120. The van der Waals surface area contributed by atoms with Crippen LogP contribution in [-0.4, -0.2) is 49.5 Å². The Labute approximate surface area is 174 Å². The van der Waals surface area contributed by atoms with Crippen molar-refractivity contribution in [2.45, 2.75) is 30.7 Å². The molecule has 2 aliphatic heterocycles. The molecule has 0 bridgehead atoms. The van der Waals surface area contributed by atoms with Gasteiger partial charge >= 0.3 is 0 Å². The minimum Gasteiger partial charge on any atom is -0.486 e. The number of anilines is 1. The lowest BCUT2D eigenvalue weighted by molar-refractivity contribution is -0.118. The molecule has 0 aliphatic carbocycles. The maximum absolute atomic E-state index is 12.8. The maximum Gasteiger partial charge on any atom is 0.251 e. The molecule has 1 saturated heterocycles. The number of carbonyl (C=O) groups excluding carboxylic acids is 1. The highest BCUT2D eigenvalue weighted by atomic mass is 32.2. The van der Waals surface area contributed by atoms with Gasteiger partial charge in [0.1, 0.15) is 19.3 Å². The number of fused-ring (bicyclic) bond motifs is 1. The van der Waals surface area contributed by atoms with E-state index in [0.29, 0.717) is 43.5 Å². The summed E-state index contributed by atoms with van der Waals surface area (Å²) >= 11 is 0. The summed E-state index contributed by atoms with van der Waals surface area (Å²) in [5.41, 5.74) is 0.0326. The number of carbonyl (C=O) groups is 1. The first-order valence-electron chi connectivity index (χ1n) is 9.79. The van der Waals surface area contributed by atoms with Crippen molar-refractivity contribution in [1.29, 1.82) is 0 Å². The second-order valence-corrected chi connectivity index (χ2v) is 9.18. The standard InChI is InChI=1S/C20H23N3O6S/c1-14(20(25)21-15-4-6-17-18(12-15)29-11-10-28-17)23-13-16(5-7-19(23)24)30(26,27)22-8-2-3-9-22/h4-7,12-14H,2-3,8-11H2,1H3,(H,21,25). The number of rotatable bonds is 5. The van der Waals surface area contributed by atoms with E-state index >= 15 is 0 Å². The number of nitrogens with one attached hydrogen (secondary N) is 1. The van der Waals surface area contributed by atoms with Crippen molar-refractivity contribution in [3.05, 3.63) is 46.9 Å². The molecule has 9 nitrogen and oxygen atoms in total. The lowest BCUT2D eigenvalue weighted by Gasteiger charge is -2.20. The predicted molar refractivity (Wildman–Crippen MR) is 109 cm³/mol. The molecular formula is C20H23N3O6S. The van der Waals surface area contributed by atoms with Gasteiger partial charge in [-0.3, -0.25) is 9.59 Å². The zero-order chi connectivity index (χ0) is 21.3. The Hall–Kier alpha value is -2.85. The van der Waals surface area contributed by atoms with Crippen molar-refractivity contribution >= 4 is 21.6 Å². The van der Waals surface area contributed by atoms with Crippen LogP contribution < -0.4 is 20.3 Å². The van der Waals surface area contributed by atoms with Crippen LogP contribution in [0.3, 0.4) is 0 Å². The Morgan fingerprint density at radius 3 is 2.50 bits per heavy atom. The first kappa shape index (κ1) is 20.4. The molecule has 1 fully saturated rings. The Morgan fingerprint density at radius 2 is 1.77 bits per heavy atom. The Morgan fingerprint density at radius 1 is 1.07 bits per heavy atom. The molecule has 1 amide bonds. The Balaban J connectivity index is 1.56. The van der Waals surface area contributed by atoms with Crippen LogP contribution in [0.15, 0.2) is 46.2 Å². The molecule has 0 spiro atoms. The number of pyridine rings is 1. The van der Waals surface area contributed by atoms with Gasteiger partial charge in [-0.2, -0.15) is 4.31 Å². The van der Waals surface area contributed by atoms with Gasteiger partial charge in [-0.05, 0) is 38.0 Å². The molecule has 0 saturated carbocycles. The smallest absolute Gasteiger partial charge is 0.251 e. The van der Waals surface area contributed by atoms with Crippen molar-refractivity contribution < 1.29 is 22.7 Å². The summed E-state index contributed by atoms with van der Waals surface area (Å²) in [4.78, 5) is 25.1. The number of hydrogen-bond donors (Lipinski definition) is 1. The zero-order valence-electron chi connectivity index (χ0n) is 16.5. The highest BCUT2D eigenvalue weighted by Crippen LogP contribution is 2.32. The first-order valence-corrected chi connectivity index (χ1v) is 11.2. The molecule has 1 aromatic heterocycles. The van der Waals surface area contributed by atoms with E-state index in [9.17, 15) is 18.0 Å². The van der Waals surface area contributed by atoms with Gasteiger partial charge in [-0.15, -0.1) is 0 Å². The fourth-order valence-corrected chi connectivity index (χ4v) is 5.03. The number of ether oxygens (including phenoxy) is 2. The maximum atomic E-state index is 12.8. The van der Waals surface area contributed by atoms with Gasteiger partial charge in [0.2, 0.25) is 15.9 Å². The summed E-state index contributed by atoms with van der Waals surface area (Å²) in [5, 5.41) is 2.74. The van der Waals surface area contributed by atoms with Crippen LogP contribution in [0.25, 0.3) is 0 Å². The molecule has 30 heavy (non-hydrogen) atoms. The van der Waals surface area contributed by atoms with Gasteiger partial charge in [0.15, 0.2) is 11.5 Å². The molecular weight excluding hydrogens is 410 g/mol. The van der Waals surface area contributed by atoms with Gasteiger partial charge < -0.3 is 19.4 Å². The second kappa shape index (κ2) is 8.11. The average Bonchev–Trinajstić information content (AvgIpc) is 3.29. The minimum atomic E-state index is -3.69. The average molecular weight is 433 g/mol. The van der Waals surface area contributed by atoms with Crippen LogP contribution in [0.5, 0.6) is 11.5 Å². The second-order valence-electron chi connectivity index (χ2n) is 7.25. The normalized spacial score (nSPS) is 17.5. The van der Waals surface area contributed by atoms with Gasteiger partial charge in [0, 0.05) is 37.1 Å². The van der Waals surface area contributed by atoms with E-state index in [1.165, 1.54) is 22.6 Å². The summed E-state index contributed by atoms with van der Waals surface area (Å²) in [6, 6.07) is 6.57. The third-order valence-corrected chi connectivity index (χ3v) is 7.10. The van der Waals surface area contributed by atoms with Crippen molar-refractivity contribution in [1.82, 2.24) is 8.87 Å². The first-order chi connectivity index (χ1) is 14.4. The van der Waals surface area contributed by atoms with Gasteiger partial charge in [0.05, 0.1) is 4.90 Å². The molecule has 160 valence electrons. The van der Waals surface area contributed by atoms with Gasteiger partial charge in [-0.1, -0.05) is 0 Å². The summed E-state index contributed by atoms with van der Waals surface area (Å²) in [5.74, 6) is 0.676. The molecule has 2 aromatic rings. The number of benzene rings is 1. The third kappa shape index (κ3) is 3.92. The summed E-state index contributed by atoms with van der Waals surface area (Å²) in [7, 11) is -3.69. The van der Waals surface area contributed by atoms with Crippen molar-refractivity contribution in [3.63, 3.8) is 0 Å². The van der Waals surface area contributed by atoms with E-state index in [4.69, 9.17) is 9.47 Å². The van der Waals surface area contributed by atoms with E-state index in [1.54, 1.807) is 25.1 Å². The number of sulfonamides is 1. The van der Waals surface area contributed by atoms with Crippen LogP contribution in [0.4, 0.5) is 5.69 Å². The van der Waals surface area contributed by atoms with Crippen LogP contribution in [0, 0.1) is 0 Å². The zero-order valence-corrected chi connectivity index (χ0v) is 17.4. The fourth-order valence-electron chi connectivity index (χ4n) is 3.51. The molecule has 3 heterocycles. The molecule has 1 N–H and O–H groups in total. The third-order valence-electron chi connectivity index (χ3n) is 5.22. The van der Waals surface area contributed by atoms with Crippen LogP contribution in [-0.2, 0) is 14.8 Å². The molecule has 0 radical (unpaired) electrons. The van der Waals surface area contributed by atoms with Crippen molar-refractivity contribution in [3.8, 4) is 11.5 Å². The van der Waals surface area contributed by atoms with Crippen molar-refractivity contribution in [2.75, 3.05) is 31.6 Å². The SMILES string of the molecule is CC(C(=O)Nc1ccc2c(c1)OCCO2)n1cc(S(=O)(=O)N2CCCC2)ccc1=O. The van der Waals surface area contributed by atoms with Crippen LogP contribution >= 0.6 is 0 Å². The van der Waals surface area contributed by atoms with Gasteiger partial charge in [0.25, 0.3) is 5.56 Å².